The van der Waals surface area contributed by atoms with Crippen molar-refractivity contribution in [2.45, 2.75) is 16.2 Å². The molecule has 0 saturated carbocycles. The summed E-state index contributed by atoms with van der Waals surface area (Å²) in [5.41, 5.74) is 1.55. The number of nitrogens with zero attached hydrogens (tertiary/aromatic N) is 1. The molecule has 9 nitrogen and oxygen atoms in total. The number of hydrogen-bond acceptors (Lipinski definition) is 8. The van der Waals surface area contributed by atoms with E-state index in [2.05, 4.69) is 26.2 Å². The standard InChI is InChI=1S/C29H21BrFN3O6S2/c1-39-20-12-14(2-11-19(20)40-13-21(35)32-17-7-5-16(31)6-8-17)22-23-25(41-26-24(22)42-29(38)33-26)28(37)34(27(23)36)18-9-3-15(30)4-10-18/h2-12,22-23,25H,13H2,1H3,(H,32,35)(H,33,38)/t22-,23?,25?/m1/s1. The van der Waals surface area contributed by atoms with Gasteiger partial charge in [0.05, 0.1) is 23.7 Å². The largest absolute Gasteiger partial charge is 0.493 e. The van der Waals surface area contributed by atoms with E-state index in [-0.39, 0.29) is 29.0 Å². The number of aromatic nitrogens is 1. The Bertz CT molecular complexity index is 1760. The van der Waals surface area contributed by atoms with Crippen molar-refractivity contribution < 1.29 is 28.2 Å². The minimum Gasteiger partial charge on any atom is -0.493 e. The molecule has 3 amide bonds. The number of imide groups is 1. The first-order valence-electron chi connectivity index (χ1n) is 12.6. The maximum absolute atomic E-state index is 13.9. The summed E-state index contributed by atoms with van der Waals surface area (Å²) in [7, 11) is 1.45. The summed E-state index contributed by atoms with van der Waals surface area (Å²) >= 11 is 5.59. The summed E-state index contributed by atoms with van der Waals surface area (Å²) in [5, 5.41) is 2.45. The van der Waals surface area contributed by atoms with Crippen molar-refractivity contribution in [3.63, 3.8) is 0 Å². The number of hydrogen-bond donors (Lipinski definition) is 2. The summed E-state index contributed by atoms with van der Waals surface area (Å²) in [5.74, 6) is -2.34. The van der Waals surface area contributed by atoms with Crippen LogP contribution in [-0.2, 0) is 14.4 Å². The van der Waals surface area contributed by atoms with Crippen LogP contribution in [-0.4, -0.2) is 41.7 Å². The van der Waals surface area contributed by atoms with Crippen molar-refractivity contribution >= 4 is 68.1 Å². The van der Waals surface area contributed by atoms with Crippen molar-refractivity contribution in [1.82, 2.24) is 4.98 Å². The molecule has 0 bridgehead atoms. The number of methoxy groups -OCH3 is 1. The van der Waals surface area contributed by atoms with Gasteiger partial charge in [0.15, 0.2) is 18.1 Å². The monoisotopic (exact) mass is 669 g/mol. The van der Waals surface area contributed by atoms with Gasteiger partial charge in [-0.15, -0.1) is 0 Å². The fourth-order valence-corrected chi connectivity index (χ4v) is 7.87. The van der Waals surface area contributed by atoms with Crippen LogP contribution in [0.1, 0.15) is 16.4 Å². The number of thioether (sulfide) groups is 1. The van der Waals surface area contributed by atoms with E-state index in [9.17, 15) is 23.6 Å². The number of rotatable bonds is 7. The molecule has 0 radical (unpaired) electrons. The summed E-state index contributed by atoms with van der Waals surface area (Å²) in [6.45, 7) is -0.337. The highest BCUT2D eigenvalue weighted by Crippen LogP contribution is 2.53. The SMILES string of the molecule is COc1cc([C@H]2c3sc(=O)[nH]c3SC3C(=O)N(c4ccc(Br)cc4)C(=O)C32)ccc1OCC(=O)Nc1ccc(F)cc1. The van der Waals surface area contributed by atoms with Crippen LogP contribution >= 0.6 is 39.0 Å². The van der Waals surface area contributed by atoms with Gasteiger partial charge in [-0.1, -0.05) is 45.1 Å². The van der Waals surface area contributed by atoms with Gasteiger partial charge in [0, 0.05) is 21.0 Å². The highest BCUT2D eigenvalue weighted by Gasteiger charge is 2.56. The van der Waals surface area contributed by atoms with Crippen molar-refractivity contribution in [2.24, 2.45) is 5.92 Å². The minimum absolute atomic E-state index is 0.277. The summed E-state index contributed by atoms with van der Waals surface area (Å²) in [4.78, 5) is 56.7. The predicted molar refractivity (Wildman–Crippen MR) is 160 cm³/mol. The molecule has 3 atom stereocenters. The van der Waals surface area contributed by atoms with E-state index in [1.54, 1.807) is 42.5 Å². The van der Waals surface area contributed by atoms with Crippen LogP contribution in [0.3, 0.4) is 0 Å². The first kappa shape index (κ1) is 28.2. The van der Waals surface area contributed by atoms with Crippen molar-refractivity contribution in [2.75, 3.05) is 23.9 Å². The lowest BCUT2D eigenvalue weighted by molar-refractivity contribution is -0.122. The number of fused-ring (bicyclic) bond motifs is 2. The van der Waals surface area contributed by atoms with E-state index in [0.29, 0.717) is 32.6 Å². The van der Waals surface area contributed by atoms with Crippen LogP contribution in [0, 0.1) is 11.7 Å². The molecular formula is C29H21BrFN3O6S2. The van der Waals surface area contributed by atoms with Gasteiger partial charge in [-0.25, -0.2) is 9.29 Å². The highest BCUT2D eigenvalue weighted by molar-refractivity contribution is 9.10. The number of halogens is 2. The second-order valence-electron chi connectivity index (χ2n) is 9.49. The molecule has 2 aliphatic heterocycles. The topological polar surface area (TPSA) is 118 Å². The number of aromatic amines is 1. The summed E-state index contributed by atoms with van der Waals surface area (Å²) in [6, 6.07) is 17.3. The number of anilines is 2. The Labute approximate surface area is 255 Å². The molecule has 1 aromatic heterocycles. The lowest BCUT2D eigenvalue weighted by Gasteiger charge is -2.30. The van der Waals surface area contributed by atoms with Gasteiger partial charge in [0.2, 0.25) is 11.8 Å². The van der Waals surface area contributed by atoms with Crippen LogP contribution < -0.4 is 24.6 Å². The van der Waals surface area contributed by atoms with Gasteiger partial charge in [-0.05, 0) is 66.2 Å². The predicted octanol–water partition coefficient (Wildman–Crippen LogP) is 5.16. The second-order valence-corrected chi connectivity index (χ2v) is 12.6. The fourth-order valence-electron chi connectivity index (χ4n) is 5.09. The van der Waals surface area contributed by atoms with Crippen molar-refractivity contribution in [1.29, 1.82) is 0 Å². The van der Waals surface area contributed by atoms with Gasteiger partial charge < -0.3 is 19.8 Å². The molecule has 2 N–H and O–H groups in total. The van der Waals surface area contributed by atoms with E-state index >= 15 is 0 Å². The normalized spacial score (nSPS) is 19.3. The molecule has 1 fully saturated rings. The average Bonchev–Trinajstić information content (AvgIpc) is 3.47. The Kier molecular flexibility index (Phi) is 7.64. The summed E-state index contributed by atoms with van der Waals surface area (Å²) in [6.07, 6.45) is 0. The van der Waals surface area contributed by atoms with Gasteiger partial charge in [-0.2, -0.15) is 0 Å². The molecule has 3 aromatic carbocycles. The zero-order valence-electron chi connectivity index (χ0n) is 21.8. The minimum atomic E-state index is -0.761. The average molecular weight is 671 g/mol. The van der Waals surface area contributed by atoms with E-state index in [4.69, 9.17) is 9.47 Å². The molecule has 4 aromatic rings. The Balaban J connectivity index is 1.29. The van der Waals surface area contributed by atoms with E-state index in [1.807, 2.05) is 0 Å². The van der Waals surface area contributed by atoms with Crippen molar-refractivity contribution in [3.05, 3.63) is 97.1 Å². The maximum Gasteiger partial charge on any atom is 0.305 e. The highest BCUT2D eigenvalue weighted by atomic mass is 79.9. The molecule has 2 unspecified atom stereocenters. The molecule has 13 heteroatoms. The van der Waals surface area contributed by atoms with E-state index in [0.717, 1.165) is 15.8 Å². The second kappa shape index (κ2) is 11.4. The molecule has 1 saturated heterocycles. The lowest BCUT2D eigenvalue weighted by atomic mass is 9.83. The zero-order valence-corrected chi connectivity index (χ0v) is 25.0. The Morgan fingerprint density at radius 3 is 2.48 bits per heavy atom. The third-order valence-corrected chi connectivity index (χ3v) is 9.87. The number of carbonyl (C=O) groups is 3. The Hall–Kier alpha value is -3.94. The fraction of sp³-hybridized carbons (Fsp3) is 0.172. The maximum atomic E-state index is 13.9. The third-order valence-electron chi connectivity index (χ3n) is 6.94. The molecular weight excluding hydrogens is 649 g/mol. The first-order valence-corrected chi connectivity index (χ1v) is 15.1. The van der Waals surface area contributed by atoms with Crippen LogP contribution in [0.25, 0.3) is 0 Å². The van der Waals surface area contributed by atoms with Crippen LogP contribution in [0.5, 0.6) is 11.5 Å². The van der Waals surface area contributed by atoms with Crippen LogP contribution in [0.2, 0.25) is 0 Å². The van der Waals surface area contributed by atoms with E-state index < -0.39 is 28.8 Å². The van der Waals surface area contributed by atoms with Crippen LogP contribution in [0.15, 0.2) is 81.0 Å². The van der Waals surface area contributed by atoms with Crippen LogP contribution in [0.4, 0.5) is 15.8 Å². The molecule has 6 rings (SSSR count). The Morgan fingerprint density at radius 1 is 1.02 bits per heavy atom. The number of carbonyl (C=O) groups excluding carboxylic acids is 3. The quantitative estimate of drug-likeness (QED) is 0.261. The van der Waals surface area contributed by atoms with Gasteiger partial charge in [0.1, 0.15) is 11.1 Å². The molecule has 42 heavy (non-hydrogen) atoms. The molecule has 214 valence electrons. The van der Waals surface area contributed by atoms with Gasteiger partial charge in [-0.3, -0.25) is 19.2 Å². The number of benzene rings is 3. The smallest absolute Gasteiger partial charge is 0.305 e. The summed E-state index contributed by atoms with van der Waals surface area (Å²) < 4.78 is 25.2. The Morgan fingerprint density at radius 2 is 1.76 bits per heavy atom. The molecule has 2 aliphatic rings. The van der Waals surface area contributed by atoms with Crippen molar-refractivity contribution in [3.8, 4) is 11.5 Å². The third kappa shape index (κ3) is 5.23. The number of ether oxygens (including phenoxy) is 2. The number of H-pyrrole nitrogens is 1. The lowest BCUT2D eigenvalue weighted by Crippen LogP contribution is -2.32. The molecule has 3 heterocycles. The van der Waals surface area contributed by atoms with Gasteiger partial charge in [0.25, 0.3) is 5.91 Å². The van der Waals surface area contributed by atoms with E-state index in [1.165, 1.54) is 48.0 Å². The number of nitrogens with one attached hydrogen (secondary N) is 2. The van der Waals surface area contributed by atoms with Gasteiger partial charge >= 0.3 is 4.87 Å². The molecule has 0 spiro atoms. The first-order chi connectivity index (χ1) is 20.2. The number of thiazole rings is 1. The molecule has 0 aliphatic carbocycles. The number of amides is 3. The zero-order chi connectivity index (χ0) is 29.5.